The van der Waals surface area contributed by atoms with Crippen molar-refractivity contribution in [1.29, 1.82) is 0 Å². The van der Waals surface area contributed by atoms with Crippen LogP contribution in [0.1, 0.15) is 36.9 Å². The van der Waals surface area contributed by atoms with Crippen LogP contribution in [0.15, 0.2) is 18.3 Å². The molecule has 4 unspecified atom stereocenters. The van der Waals surface area contributed by atoms with E-state index in [2.05, 4.69) is 47.6 Å². The van der Waals surface area contributed by atoms with Crippen LogP contribution in [0.2, 0.25) is 0 Å². The molecule has 1 aliphatic heterocycles. The number of aromatic nitrogens is 1. The molecule has 2 N–H and O–H groups in total. The molecule has 1 aromatic heterocycles. The highest BCUT2D eigenvalue weighted by atomic mass is 32.2. The van der Waals surface area contributed by atoms with Crippen molar-refractivity contribution < 1.29 is 0 Å². The van der Waals surface area contributed by atoms with Gasteiger partial charge in [0, 0.05) is 45.9 Å². The third-order valence-corrected chi connectivity index (χ3v) is 7.56. The second-order valence-corrected chi connectivity index (χ2v) is 8.31. The molecule has 104 valence electrons. The number of thioether (sulfide) groups is 2. The minimum Gasteiger partial charge on any atom is -0.326 e. The molecule has 1 aromatic rings. The van der Waals surface area contributed by atoms with Gasteiger partial charge in [-0.15, -0.1) is 0 Å². The zero-order valence-corrected chi connectivity index (χ0v) is 13.1. The molecule has 0 spiro atoms. The first-order chi connectivity index (χ1) is 9.27. The molecule has 0 bridgehead atoms. The van der Waals surface area contributed by atoms with Crippen LogP contribution in [0.25, 0.3) is 0 Å². The molecule has 1 fully saturated rings. The Balaban J connectivity index is 1.82. The van der Waals surface area contributed by atoms with E-state index in [0.717, 1.165) is 0 Å². The van der Waals surface area contributed by atoms with Crippen molar-refractivity contribution in [2.75, 3.05) is 11.5 Å². The Morgan fingerprint density at radius 2 is 2.21 bits per heavy atom. The summed E-state index contributed by atoms with van der Waals surface area (Å²) < 4.78 is 0. The summed E-state index contributed by atoms with van der Waals surface area (Å²) in [7, 11) is 0. The fourth-order valence-corrected chi connectivity index (χ4v) is 6.26. The van der Waals surface area contributed by atoms with E-state index < -0.39 is 0 Å². The monoisotopic (exact) mass is 294 g/mol. The molecule has 1 saturated heterocycles. The fourth-order valence-electron chi connectivity index (χ4n) is 3.32. The number of hydrogen-bond donors (Lipinski definition) is 1. The molecule has 1 aliphatic carbocycles. The lowest BCUT2D eigenvalue weighted by atomic mass is 9.81. The molecule has 0 amide bonds. The van der Waals surface area contributed by atoms with Gasteiger partial charge in [0.05, 0.1) is 0 Å². The minimum absolute atomic E-state index is 0.252. The third-order valence-electron chi connectivity index (χ3n) is 4.32. The molecule has 19 heavy (non-hydrogen) atoms. The number of rotatable bonds is 2. The van der Waals surface area contributed by atoms with Crippen LogP contribution in [-0.2, 0) is 6.42 Å². The van der Waals surface area contributed by atoms with Crippen LogP contribution in [0.3, 0.4) is 0 Å². The molecular formula is C15H22N2S2. The molecule has 2 heterocycles. The molecule has 4 atom stereocenters. The van der Waals surface area contributed by atoms with Gasteiger partial charge in [-0.1, -0.05) is 13.0 Å². The zero-order chi connectivity index (χ0) is 13.2. The molecule has 0 saturated carbocycles. The van der Waals surface area contributed by atoms with Gasteiger partial charge in [-0.2, -0.15) is 23.5 Å². The Morgan fingerprint density at radius 3 is 3.05 bits per heavy atom. The van der Waals surface area contributed by atoms with Gasteiger partial charge in [-0.05, 0) is 30.9 Å². The summed E-state index contributed by atoms with van der Waals surface area (Å²) in [5, 5.41) is 1.25. The van der Waals surface area contributed by atoms with Gasteiger partial charge >= 0.3 is 0 Å². The van der Waals surface area contributed by atoms with Crippen LogP contribution in [0, 0.1) is 0 Å². The van der Waals surface area contributed by atoms with Gasteiger partial charge in [-0.25, -0.2) is 0 Å². The molecule has 3 rings (SSSR count). The van der Waals surface area contributed by atoms with Gasteiger partial charge in [0.25, 0.3) is 0 Å². The highest BCUT2D eigenvalue weighted by Crippen LogP contribution is 2.40. The number of fused-ring (bicyclic) bond motifs is 1. The van der Waals surface area contributed by atoms with Crippen LogP contribution in [0.4, 0.5) is 0 Å². The number of nitrogens with zero attached hydrogens (tertiary/aromatic N) is 1. The van der Waals surface area contributed by atoms with Crippen molar-refractivity contribution in [3.05, 3.63) is 29.6 Å². The van der Waals surface area contributed by atoms with Crippen molar-refractivity contribution in [3.63, 3.8) is 0 Å². The van der Waals surface area contributed by atoms with Crippen molar-refractivity contribution in [2.24, 2.45) is 5.73 Å². The zero-order valence-electron chi connectivity index (χ0n) is 11.4. The lowest BCUT2D eigenvalue weighted by Gasteiger charge is -2.38. The van der Waals surface area contributed by atoms with Crippen LogP contribution in [-0.4, -0.2) is 33.0 Å². The summed E-state index contributed by atoms with van der Waals surface area (Å²) in [6.45, 7) is 2.34. The topological polar surface area (TPSA) is 38.9 Å². The lowest BCUT2D eigenvalue weighted by molar-refractivity contribution is 0.439. The molecule has 2 aliphatic rings. The van der Waals surface area contributed by atoms with Gasteiger partial charge in [0.2, 0.25) is 0 Å². The Kier molecular flexibility index (Phi) is 4.40. The Bertz CT molecular complexity index is 438. The maximum Gasteiger partial charge on any atom is 0.0482 e. The predicted molar refractivity (Wildman–Crippen MR) is 86.1 cm³/mol. The maximum atomic E-state index is 6.65. The smallest absolute Gasteiger partial charge is 0.0482 e. The molecule has 4 heteroatoms. The number of pyridine rings is 1. The summed E-state index contributed by atoms with van der Waals surface area (Å²) in [6, 6.07) is 4.54. The maximum absolute atomic E-state index is 6.65. The molecule has 2 nitrogen and oxygen atoms in total. The normalized spacial score (nSPS) is 32.6. The lowest BCUT2D eigenvalue weighted by Crippen LogP contribution is -2.45. The van der Waals surface area contributed by atoms with Gasteiger partial charge in [0.15, 0.2) is 0 Å². The minimum atomic E-state index is 0.252. The Morgan fingerprint density at radius 1 is 1.37 bits per heavy atom. The fraction of sp³-hybridized carbons (Fsp3) is 0.667. The highest BCUT2D eigenvalue weighted by Gasteiger charge is 2.36. The molecule has 0 radical (unpaired) electrons. The second kappa shape index (κ2) is 6.06. The summed E-state index contributed by atoms with van der Waals surface area (Å²) in [4.78, 5) is 4.65. The average molecular weight is 294 g/mol. The van der Waals surface area contributed by atoms with Crippen molar-refractivity contribution in [1.82, 2.24) is 4.98 Å². The van der Waals surface area contributed by atoms with E-state index in [9.17, 15) is 0 Å². The van der Waals surface area contributed by atoms with E-state index in [-0.39, 0.29) is 6.04 Å². The summed E-state index contributed by atoms with van der Waals surface area (Å²) >= 11 is 4.15. The first kappa shape index (κ1) is 13.8. The quantitative estimate of drug-likeness (QED) is 0.910. The number of nitrogens with two attached hydrogens (primary N) is 1. The van der Waals surface area contributed by atoms with Crippen LogP contribution in [0.5, 0.6) is 0 Å². The average Bonchev–Trinajstić information content (AvgIpc) is 2.46. The SMILES string of the molecule is CC1SCCSC1C(N)C1CCCc2cccnc21. The summed E-state index contributed by atoms with van der Waals surface area (Å²) in [6.07, 6.45) is 5.57. The highest BCUT2D eigenvalue weighted by molar-refractivity contribution is 8.07. The Labute approximate surface area is 124 Å². The third kappa shape index (κ3) is 2.81. The molecular weight excluding hydrogens is 272 g/mol. The van der Waals surface area contributed by atoms with Gasteiger partial charge < -0.3 is 5.73 Å². The molecule has 0 aromatic carbocycles. The van der Waals surface area contributed by atoms with Gasteiger partial charge in [0.1, 0.15) is 0 Å². The Hall–Kier alpha value is -0.190. The van der Waals surface area contributed by atoms with E-state index in [1.165, 1.54) is 42.0 Å². The summed E-state index contributed by atoms with van der Waals surface area (Å²) in [5.41, 5.74) is 9.36. The van der Waals surface area contributed by atoms with Crippen molar-refractivity contribution in [2.45, 2.75) is 48.6 Å². The van der Waals surface area contributed by atoms with E-state index in [0.29, 0.717) is 16.4 Å². The largest absolute Gasteiger partial charge is 0.326 e. The van der Waals surface area contributed by atoms with Crippen molar-refractivity contribution >= 4 is 23.5 Å². The first-order valence-electron chi connectivity index (χ1n) is 7.20. The standard InChI is InChI=1S/C15H22N2S2/c1-10-15(19-9-8-18-10)13(16)12-6-2-4-11-5-3-7-17-14(11)12/h3,5,7,10,12-13,15H,2,4,6,8-9,16H2,1H3. The number of aryl methyl sites for hydroxylation is 1. The van der Waals surface area contributed by atoms with Crippen molar-refractivity contribution in [3.8, 4) is 0 Å². The number of hydrogen-bond acceptors (Lipinski definition) is 4. The van der Waals surface area contributed by atoms with E-state index in [1.807, 2.05) is 6.20 Å². The predicted octanol–water partition coefficient (Wildman–Crippen LogP) is 3.07. The van der Waals surface area contributed by atoms with Crippen LogP contribution < -0.4 is 5.73 Å². The van der Waals surface area contributed by atoms with E-state index in [4.69, 9.17) is 5.73 Å². The first-order valence-corrected chi connectivity index (χ1v) is 9.29. The van der Waals surface area contributed by atoms with E-state index in [1.54, 1.807) is 0 Å². The van der Waals surface area contributed by atoms with Crippen LogP contribution >= 0.6 is 23.5 Å². The van der Waals surface area contributed by atoms with E-state index >= 15 is 0 Å². The summed E-state index contributed by atoms with van der Waals surface area (Å²) in [5.74, 6) is 2.98. The van der Waals surface area contributed by atoms with Gasteiger partial charge in [-0.3, -0.25) is 4.98 Å². The second-order valence-electron chi connectivity index (χ2n) is 5.54.